The molecule has 21 heavy (non-hydrogen) atoms. The van der Waals surface area contributed by atoms with Crippen LogP contribution in [0.1, 0.15) is 44.1 Å². The molecule has 0 N–H and O–H groups in total. The van der Waals surface area contributed by atoms with E-state index >= 15 is 0 Å². The van der Waals surface area contributed by atoms with Crippen molar-refractivity contribution in [3.05, 3.63) is 35.9 Å². The van der Waals surface area contributed by atoms with Gasteiger partial charge in [0.15, 0.2) is 0 Å². The van der Waals surface area contributed by atoms with Gasteiger partial charge in [-0.15, -0.1) is 0 Å². The molecular weight excluding hydrogens is 264 g/mol. The summed E-state index contributed by atoms with van der Waals surface area (Å²) < 4.78 is 11.1. The quantitative estimate of drug-likeness (QED) is 0.834. The van der Waals surface area contributed by atoms with E-state index < -0.39 is 0 Å². The van der Waals surface area contributed by atoms with Crippen molar-refractivity contribution in [2.24, 2.45) is 0 Å². The van der Waals surface area contributed by atoms with Gasteiger partial charge in [-0.05, 0) is 37.7 Å². The predicted molar refractivity (Wildman–Crippen MR) is 81.4 cm³/mol. The molecular formula is C18H24O3. The van der Waals surface area contributed by atoms with E-state index in [-0.39, 0.29) is 5.41 Å². The summed E-state index contributed by atoms with van der Waals surface area (Å²) in [7, 11) is 0. The normalized spacial score (nSPS) is 24.9. The third-order valence-electron chi connectivity index (χ3n) is 4.92. The van der Waals surface area contributed by atoms with Gasteiger partial charge in [-0.2, -0.15) is 0 Å². The van der Waals surface area contributed by atoms with E-state index in [9.17, 15) is 4.79 Å². The Labute approximate surface area is 126 Å². The van der Waals surface area contributed by atoms with Crippen molar-refractivity contribution in [2.75, 3.05) is 19.8 Å². The molecule has 0 spiro atoms. The molecule has 2 saturated heterocycles. The Hall–Kier alpha value is -1.19. The Morgan fingerprint density at radius 1 is 1.14 bits per heavy atom. The molecule has 1 unspecified atom stereocenters. The Balaban J connectivity index is 1.73. The van der Waals surface area contributed by atoms with Crippen LogP contribution in [-0.2, 0) is 19.7 Å². The zero-order valence-electron chi connectivity index (χ0n) is 12.6. The number of Topliss-reactive ketones (excluding diaryl/α,β-unsaturated/α-hetero) is 1. The lowest BCUT2D eigenvalue weighted by Gasteiger charge is -2.36. The van der Waals surface area contributed by atoms with E-state index in [0.29, 0.717) is 31.5 Å². The van der Waals surface area contributed by atoms with Crippen molar-refractivity contribution in [1.29, 1.82) is 0 Å². The largest absolute Gasteiger partial charge is 0.381 e. The molecule has 2 aliphatic heterocycles. The highest BCUT2D eigenvalue weighted by molar-refractivity contribution is 5.90. The average molecular weight is 288 g/mol. The predicted octanol–water partition coefficient (Wildman–Crippen LogP) is 3.26. The molecule has 3 nitrogen and oxygen atoms in total. The third-order valence-corrected chi connectivity index (χ3v) is 4.92. The Kier molecular flexibility index (Phi) is 4.71. The SMILES string of the molecule is O=C(CCC1CCCO1)C1(c2ccccc2)CCOCC1. The molecule has 2 heterocycles. The molecule has 1 aromatic carbocycles. The average Bonchev–Trinajstić information content (AvgIpc) is 3.07. The fraction of sp³-hybridized carbons (Fsp3) is 0.611. The molecule has 1 aromatic rings. The van der Waals surface area contributed by atoms with E-state index in [1.807, 2.05) is 18.2 Å². The van der Waals surface area contributed by atoms with E-state index in [0.717, 1.165) is 44.3 Å². The maximum absolute atomic E-state index is 13.0. The molecule has 0 bridgehead atoms. The van der Waals surface area contributed by atoms with Crippen molar-refractivity contribution >= 4 is 5.78 Å². The number of carbonyl (C=O) groups excluding carboxylic acids is 1. The van der Waals surface area contributed by atoms with Crippen LogP contribution in [0.5, 0.6) is 0 Å². The van der Waals surface area contributed by atoms with Gasteiger partial charge in [-0.1, -0.05) is 30.3 Å². The van der Waals surface area contributed by atoms with Gasteiger partial charge in [0.2, 0.25) is 0 Å². The first-order chi connectivity index (χ1) is 10.3. The lowest BCUT2D eigenvalue weighted by atomic mass is 9.70. The van der Waals surface area contributed by atoms with Crippen LogP contribution in [0.15, 0.2) is 30.3 Å². The lowest BCUT2D eigenvalue weighted by Crippen LogP contribution is -2.41. The van der Waals surface area contributed by atoms with Crippen LogP contribution >= 0.6 is 0 Å². The highest BCUT2D eigenvalue weighted by atomic mass is 16.5. The molecule has 2 aliphatic rings. The molecule has 0 radical (unpaired) electrons. The van der Waals surface area contributed by atoms with Gasteiger partial charge in [0.25, 0.3) is 0 Å². The van der Waals surface area contributed by atoms with E-state index in [1.54, 1.807) is 0 Å². The second-order valence-corrected chi connectivity index (χ2v) is 6.16. The highest BCUT2D eigenvalue weighted by Crippen LogP contribution is 2.37. The maximum atomic E-state index is 13.0. The number of hydrogen-bond acceptors (Lipinski definition) is 3. The fourth-order valence-corrected chi connectivity index (χ4v) is 3.61. The fourth-order valence-electron chi connectivity index (χ4n) is 3.61. The third kappa shape index (κ3) is 3.19. The van der Waals surface area contributed by atoms with Gasteiger partial charge >= 0.3 is 0 Å². The van der Waals surface area contributed by atoms with Gasteiger partial charge in [-0.3, -0.25) is 4.79 Å². The number of carbonyl (C=O) groups is 1. The number of rotatable bonds is 5. The van der Waals surface area contributed by atoms with Crippen LogP contribution < -0.4 is 0 Å². The number of ketones is 1. The van der Waals surface area contributed by atoms with Gasteiger partial charge in [-0.25, -0.2) is 0 Å². The standard InChI is InChI=1S/C18H24O3/c19-17(9-8-16-7-4-12-21-16)18(10-13-20-14-11-18)15-5-2-1-3-6-15/h1-3,5-6,16H,4,7-14H2. The summed E-state index contributed by atoms with van der Waals surface area (Å²) in [6, 6.07) is 10.2. The summed E-state index contributed by atoms with van der Waals surface area (Å²) >= 11 is 0. The summed E-state index contributed by atoms with van der Waals surface area (Å²) in [5.41, 5.74) is 0.823. The molecule has 3 heteroatoms. The molecule has 0 amide bonds. The zero-order valence-corrected chi connectivity index (χ0v) is 12.6. The number of ether oxygens (including phenoxy) is 2. The van der Waals surface area contributed by atoms with Crippen LogP contribution in [0.2, 0.25) is 0 Å². The number of hydrogen-bond donors (Lipinski definition) is 0. The van der Waals surface area contributed by atoms with Crippen molar-refractivity contribution in [3.63, 3.8) is 0 Å². The van der Waals surface area contributed by atoms with Gasteiger partial charge in [0.1, 0.15) is 5.78 Å². The van der Waals surface area contributed by atoms with E-state index in [4.69, 9.17) is 9.47 Å². The molecule has 114 valence electrons. The second-order valence-electron chi connectivity index (χ2n) is 6.16. The smallest absolute Gasteiger partial charge is 0.143 e. The van der Waals surface area contributed by atoms with E-state index in [2.05, 4.69) is 12.1 Å². The molecule has 0 aliphatic carbocycles. The van der Waals surface area contributed by atoms with Crippen molar-refractivity contribution in [3.8, 4) is 0 Å². The minimum absolute atomic E-state index is 0.293. The minimum Gasteiger partial charge on any atom is -0.381 e. The van der Waals surface area contributed by atoms with Gasteiger partial charge in [0, 0.05) is 26.2 Å². The monoisotopic (exact) mass is 288 g/mol. The topological polar surface area (TPSA) is 35.5 Å². The first-order valence-corrected chi connectivity index (χ1v) is 8.09. The summed E-state index contributed by atoms with van der Waals surface area (Å²) in [6.07, 6.45) is 5.64. The Morgan fingerprint density at radius 3 is 2.57 bits per heavy atom. The molecule has 2 fully saturated rings. The van der Waals surface area contributed by atoms with Gasteiger partial charge in [0.05, 0.1) is 11.5 Å². The number of benzene rings is 1. The van der Waals surface area contributed by atoms with Crippen LogP contribution in [0.4, 0.5) is 0 Å². The maximum Gasteiger partial charge on any atom is 0.143 e. The molecule has 0 aromatic heterocycles. The van der Waals surface area contributed by atoms with Crippen LogP contribution in [0.3, 0.4) is 0 Å². The summed E-state index contributed by atoms with van der Waals surface area (Å²) in [5, 5.41) is 0. The van der Waals surface area contributed by atoms with Crippen molar-refractivity contribution in [1.82, 2.24) is 0 Å². The van der Waals surface area contributed by atoms with Crippen molar-refractivity contribution < 1.29 is 14.3 Å². The molecule has 3 rings (SSSR count). The summed E-state index contributed by atoms with van der Waals surface area (Å²) in [6.45, 7) is 2.22. The molecule has 0 saturated carbocycles. The van der Waals surface area contributed by atoms with Crippen LogP contribution in [-0.4, -0.2) is 31.7 Å². The second kappa shape index (κ2) is 6.71. The van der Waals surface area contributed by atoms with Crippen LogP contribution in [0.25, 0.3) is 0 Å². The highest BCUT2D eigenvalue weighted by Gasteiger charge is 2.41. The van der Waals surface area contributed by atoms with Crippen molar-refractivity contribution in [2.45, 2.75) is 50.0 Å². The first kappa shape index (κ1) is 14.7. The van der Waals surface area contributed by atoms with Gasteiger partial charge < -0.3 is 9.47 Å². The first-order valence-electron chi connectivity index (χ1n) is 8.09. The minimum atomic E-state index is -0.335. The summed E-state index contributed by atoms with van der Waals surface area (Å²) in [5.74, 6) is 0.368. The van der Waals surface area contributed by atoms with E-state index in [1.165, 1.54) is 0 Å². The summed E-state index contributed by atoms with van der Waals surface area (Å²) in [4.78, 5) is 13.0. The van der Waals surface area contributed by atoms with Crippen LogP contribution in [0, 0.1) is 0 Å². The molecule has 1 atom stereocenters. The zero-order chi connectivity index (χ0) is 14.5. The Bertz CT molecular complexity index is 457. The Morgan fingerprint density at radius 2 is 1.90 bits per heavy atom. The lowest BCUT2D eigenvalue weighted by molar-refractivity contribution is -0.128.